The standard InChI is InChI=1S/C14H18N2O2S/c15-14(19)11-5-1-2-6-12(11)16-13(17)8-7-10-4-3-9-18-10/h1-2,5-6,10H,3-4,7-9H2,(H2,15,19)(H,16,17). The molecule has 1 aliphatic heterocycles. The van der Waals surface area contributed by atoms with Crippen LogP contribution in [0.3, 0.4) is 0 Å². The molecule has 1 atom stereocenters. The van der Waals surface area contributed by atoms with Gasteiger partial charge in [-0.2, -0.15) is 0 Å². The molecule has 1 aliphatic rings. The van der Waals surface area contributed by atoms with Crippen LogP contribution in [0.4, 0.5) is 5.69 Å². The highest BCUT2D eigenvalue weighted by molar-refractivity contribution is 7.80. The number of nitrogens with one attached hydrogen (secondary N) is 1. The van der Waals surface area contributed by atoms with Crippen molar-refractivity contribution >= 4 is 28.8 Å². The number of anilines is 1. The first-order chi connectivity index (χ1) is 9.16. The Balaban J connectivity index is 1.89. The Labute approximate surface area is 118 Å². The van der Waals surface area contributed by atoms with Crippen LogP contribution in [0, 0.1) is 0 Å². The highest BCUT2D eigenvalue weighted by atomic mass is 32.1. The highest BCUT2D eigenvalue weighted by Crippen LogP contribution is 2.18. The average Bonchev–Trinajstić information content (AvgIpc) is 2.90. The van der Waals surface area contributed by atoms with Crippen LogP contribution in [0.2, 0.25) is 0 Å². The van der Waals surface area contributed by atoms with Crippen LogP contribution in [0.15, 0.2) is 24.3 Å². The SMILES string of the molecule is NC(=S)c1ccccc1NC(=O)CCC1CCCO1. The second kappa shape index (κ2) is 6.63. The fourth-order valence-corrected chi connectivity index (χ4v) is 2.36. The van der Waals surface area contributed by atoms with Gasteiger partial charge in [0, 0.05) is 18.6 Å². The number of thiocarbonyl (C=S) groups is 1. The fourth-order valence-electron chi connectivity index (χ4n) is 2.18. The molecule has 3 N–H and O–H groups in total. The van der Waals surface area contributed by atoms with Gasteiger partial charge in [-0.3, -0.25) is 4.79 Å². The number of carbonyl (C=O) groups excluding carboxylic acids is 1. The zero-order valence-electron chi connectivity index (χ0n) is 10.7. The first kappa shape index (κ1) is 14.0. The molecule has 0 spiro atoms. The third-order valence-electron chi connectivity index (χ3n) is 3.18. The normalized spacial score (nSPS) is 18.2. The average molecular weight is 278 g/mol. The lowest BCUT2D eigenvalue weighted by molar-refractivity contribution is -0.116. The van der Waals surface area contributed by atoms with Crippen LogP contribution >= 0.6 is 12.2 Å². The highest BCUT2D eigenvalue weighted by Gasteiger charge is 2.17. The topological polar surface area (TPSA) is 64.3 Å². The Morgan fingerprint density at radius 2 is 2.26 bits per heavy atom. The number of para-hydroxylation sites is 1. The molecule has 102 valence electrons. The van der Waals surface area contributed by atoms with Gasteiger partial charge in [-0.1, -0.05) is 24.4 Å². The summed E-state index contributed by atoms with van der Waals surface area (Å²) in [6.07, 6.45) is 3.60. The van der Waals surface area contributed by atoms with E-state index in [-0.39, 0.29) is 17.0 Å². The summed E-state index contributed by atoms with van der Waals surface area (Å²) in [6.45, 7) is 0.816. The number of hydrogen-bond acceptors (Lipinski definition) is 3. The molecule has 0 saturated carbocycles. The van der Waals surface area contributed by atoms with Crippen LogP contribution < -0.4 is 11.1 Å². The molecule has 0 bridgehead atoms. The molecule has 1 aromatic rings. The fraction of sp³-hybridized carbons (Fsp3) is 0.429. The smallest absolute Gasteiger partial charge is 0.224 e. The third-order valence-corrected chi connectivity index (χ3v) is 3.40. The van der Waals surface area contributed by atoms with Gasteiger partial charge in [0.25, 0.3) is 0 Å². The van der Waals surface area contributed by atoms with Crippen molar-refractivity contribution < 1.29 is 9.53 Å². The summed E-state index contributed by atoms with van der Waals surface area (Å²) in [4.78, 5) is 12.2. The van der Waals surface area contributed by atoms with Crippen LogP contribution in [0.25, 0.3) is 0 Å². The van der Waals surface area contributed by atoms with Gasteiger partial charge in [0.05, 0.1) is 11.8 Å². The van der Waals surface area contributed by atoms with Crippen molar-refractivity contribution in [1.82, 2.24) is 0 Å². The number of hydrogen-bond donors (Lipinski definition) is 2. The summed E-state index contributed by atoms with van der Waals surface area (Å²) in [7, 11) is 0. The van der Waals surface area contributed by atoms with Crippen LogP contribution in [-0.2, 0) is 9.53 Å². The summed E-state index contributed by atoms with van der Waals surface area (Å²) in [5, 5.41) is 2.85. The molecular weight excluding hydrogens is 260 g/mol. The van der Waals surface area contributed by atoms with Gasteiger partial charge >= 0.3 is 0 Å². The zero-order valence-corrected chi connectivity index (χ0v) is 11.5. The number of amides is 1. The molecule has 0 aliphatic carbocycles. The van der Waals surface area contributed by atoms with Crippen molar-refractivity contribution in [3.63, 3.8) is 0 Å². The monoisotopic (exact) mass is 278 g/mol. The Morgan fingerprint density at radius 1 is 1.47 bits per heavy atom. The second-order valence-corrected chi connectivity index (χ2v) is 5.07. The van der Waals surface area contributed by atoms with Gasteiger partial charge in [-0.25, -0.2) is 0 Å². The van der Waals surface area contributed by atoms with Crippen LogP contribution in [-0.4, -0.2) is 23.6 Å². The molecule has 19 heavy (non-hydrogen) atoms. The number of benzene rings is 1. The molecule has 4 nitrogen and oxygen atoms in total. The minimum Gasteiger partial charge on any atom is -0.389 e. The molecule has 1 heterocycles. The summed E-state index contributed by atoms with van der Waals surface area (Å²) in [5.41, 5.74) is 6.99. The van der Waals surface area contributed by atoms with Crippen molar-refractivity contribution in [1.29, 1.82) is 0 Å². The maximum Gasteiger partial charge on any atom is 0.224 e. The second-order valence-electron chi connectivity index (χ2n) is 4.63. The van der Waals surface area contributed by atoms with Gasteiger partial charge < -0.3 is 15.8 Å². The molecule has 1 amide bonds. The minimum absolute atomic E-state index is 0.0285. The summed E-state index contributed by atoms with van der Waals surface area (Å²) in [5.74, 6) is -0.0285. The van der Waals surface area contributed by atoms with E-state index in [1.54, 1.807) is 12.1 Å². The molecule has 1 fully saturated rings. The van der Waals surface area contributed by atoms with E-state index in [1.807, 2.05) is 12.1 Å². The Bertz CT molecular complexity index is 470. The lowest BCUT2D eigenvalue weighted by Gasteiger charge is -2.11. The molecule has 2 rings (SSSR count). The van der Waals surface area contributed by atoms with E-state index in [0.717, 1.165) is 25.9 Å². The zero-order chi connectivity index (χ0) is 13.7. The Hall–Kier alpha value is -1.46. The van der Waals surface area contributed by atoms with Crippen molar-refractivity contribution in [3.8, 4) is 0 Å². The Kier molecular flexibility index (Phi) is 4.87. The molecule has 5 heteroatoms. The van der Waals surface area contributed by atoms with Crippen molar-refractivity contribution in [3.05, 3.63) is 29.8 Å². The van der Waals surface area contributed by atoms with Crippen molar-refractivity contribution in [2.24, 2.45) is 5.73 Å². The molecule has 1 unspecified atom stereocenters. The van der Waals surface area contributed by atoms with E-state index in [1.165, 1.54) is 0 Å². The van der Waals surface area contributed by atoms with E-state index in [4.69, 9.17) is 22.7 Å². The van der Waals surface area contributed by atoms with E-state index in [9.17, 15) is 4.79 Å². The first-order valence-corrected chi connectivity index (χ1v) is 6.88. The van der Waals surface area contributed by atoms with E-state index < -0.39 is 0 Å². The summed E-state index contributed by atoms with van der Waals surface area (Å²) >= 11 is 4.96. The van der Waals surface area contributed by atoms with E-state index in [0.29, 0.717) is 17.7 Å². The van der Waals surface area contributed by atoms with Gasteiger partial charge in [0.1, 0.15) is 4.99 Å². The van der Waals surface area contributed by atoms with Crippen LogP contribution in [0.5, 0.6) is 0 Å². The number of nitrogens with two attached hydrogens (primary N) is 1. The van der Waals surface area contributed by atoms with Gasteiger partial charge in [0.15, 0.2) is 0 Å². The largest absolute Gasteiger partial charge is 0.389 e. The molecule has 0 radical (unpaired) electrons. The minimum atomic E-state index is -0.0285. The number of ether oxygens (including phenoxy) is 1. The van der Waals surface area contributed by atoms with Gasteiger partial charge in [-0.15, -0.1) is 0 Å². The predicted octanol–water partition coefficient (Wildman–Crippen LogP) is 2.22. The summed E-state index contributed by atoms with van der Waals surface area (Å²) in [6, 6.07) is 7.30. The number of carbonyl (C=O) groups is 1. The van der Waals surface area contributed by atoms with Crippen molar-refractivity contribution in [2.75, 3.05) is 11.9 Å². The molecule has 1 saturated heterocycles. The Morgan fingerprint density at radius 3 is 2.95 bits per heavy atom. The maximum atomic E-state index is 11.9. The maximum absolute atomic E-state index is 11.9. The molecular formula is C14H18N2O2S. The van der Waals surface area contributed by atoms with Crippen LogP contribution in [0.1, 0.15) is 31.2 Å². The van der Waals surface area contributed by atoms with Gasteiger partial charge in [-0.05, 0) is 31.4 Å². The van der Waals surface area contributed by atoms with E-state index >= 15 is 0 Å². The summed E-state index contributed by atoms with van der Waals surface area (Å²) < 4.78 is 5.49. The van der Waals surface area contributed by atoms with E-state index in [2.05, 4.69) is 5.32 Å². The molecule has 0 aromatic heterocycles. The molecule has 1 aromatic carbocycles. The lowest BCUT2D eigenvalue weighted by atomic mass is 10.1. The predicted molar refractivity (Wildman–Crippen MR) is 79.2 cm³/mol. The van der Waals surface area contributed by atoms with Crippen molar-refractivity contribution in [2.45, 2.75) is 31.8 Å². The number of rotatable bonds is 5. The quantitative estimate of drug-likeness (QED) is 0.811. The first-order valence-electron chi connectivity index (χ1n) is 6.47. The lowest BCUT2D eigenvalue weighted by Crippen LogP contribution is -2.18. The third kappa shape index (κ3) is 4.01. The van der Waals surface area contributed by atoms with Gasteiger partial charge in [0.2, 0.25) is 5.91 Å².